The summed E-state index contributed by atoms with van der Waals surface area (Å²) in [5.41, 5.74) is 6.17. The first kappa shape index (κ1) is 13.6. The molecule has 2 atom stereocenters. The molecule has 1 aromatic carbocycles. The van der Waals surface area contributed by atoms with Crippen LogP contribution >= 0.6 is 0 Å². The summed E-state index contributed by atoms with van der Waals surface area (Å²) in [4.78, 5) is 2.44. The van der Waals surface area contributed by atoms with E-state index in [4.69, 9.17) is 5.73 Å². The summed E-state index contributed by atoms with van der Waals surface area (Å²) in [7, 11) is 2.17. The number of hydrogen-bond donors (Lipinski definition) is 2. The number of rotatable bonds is 2. The van der Waals surface area contributed by atoms with E-state index < -0.39 is 11.6 Å². The van der Waals surface area contributed by atoms with Crippen molar-refractivity contribution in [3.05, 3.63) is 23.8 Å². The number of benzene rings is 1. The van der Waals surface area contributed by atoms with Crippen LogP contribution in [0.2, 0.25) is 0 Å². The van der Waals surface area contributed by atoms with Crippen LogP contribution in [0.15, 0.2) is 12.1 Å². The molecule has 2 fully saturated rings. The molecule has 2 saturated heterocycles. The van der Waals surface area contributed by atoms with Crippen LogP contribution in [-0.4, -0.2) is 30.1 Å². The van der Waals surface area contributed by atoms with Crippen molar-refractivity contribution in [1.29, 1.82) is 0 Å². The van der Waals surface area contributed by atoms with Gasteiger partial charge in [-0.25, -0.2) is 8.78 Å². The Hall–Kier alpha value is -1.36. The lowest BCUT2D eigenvalue weighted by molar-refractivity contribution is 0.0608. The van der Waals surface area contributed by atoms with E-state index in [2.05, 4.69) is 17.3 Å². The normalized spacial score (nSPS) is 30.2. The molecule has 3 nitrogen and oxygen atoms in total. The summed E-state index contributed by atoms with van der Waals surface area (Å²) in [5, 5.41) is 3.14. The first-order valence-electron chi connectivity index (χ1n) is 7.28. The van der Waals surface area contributed by atoms with Gasteiger partial charge in [-0.15, -0.1) is 0 Å². The van der Waals surface area contributed by atoms with E-state index in [1.165, 1.54) is 25.3 Å². The highest BCUT2D eigenvalue weighted by molar-refractivity contribution is 5.67. The predicted octanol–water partition coefficient (Wildman–Crippen LogP) is 2.97. The van der Waals surface area contributed by atoms with E-state index in [-0.39, 0.29) is 17.4 Å². The van der Waals surface area contributed by atoms with Gasteiger partial charge in [-0.3, -0.25) is 0 Å². The van der Waals surface area contributed by atoms with Crippen LogP contribution in [-0.2, 0) is 0 Å². The Morgan fingerprint density at radius 2 is 1.85 bits per heavy atom. The molecule has 2 aliphatic heterocycles. The minimum atomic E-state index is -0.867. The van der Waals surface area contributed by atoms with Gasteiger partial charge in [0.15, 0.2) is 11.6 Å². The van der Waals surface area contributed by atoms with Gasteiger partial charge in [-0.2, -0.15) is 0 Å². The van der Waals surface area contributed by atoms with Crippen LogP contribution in [0.3, 0.4) is 0 Å². The van der Waals surface area contributed by atoms with E-state index in [1.807, 2.05) is 0 Å². The Balaban J connectivity index is 1.78. The van der Waals surface area contributed by atoms with Crippen LogP contribution in [0.4, 0.5) is 20.2 Å². The second-order valence-electron chi connectivity index (χ2n) is 6.04. The molecule has 3 N–H and O–H groups in total. The summed E-state index contributed by atoms with van der Waals surface area (Å²) in [6, 6.07) is 3.73. The Morgan fingerprint density at radius 1 is 1.20 bits per heavy atom. The lowest BCUT2D eigenvalue weighted by atomic mass is 9.82. The highest BCUT2D eigenvalue weighted by Crippen LogP contribution is 2.35. The highest BCUT2D eigenvalue weighted by Gasteiger charge is 2.36. The zero-order chi connectivity index (χ0) is 14.3. The van der Waals surface area contributed by atoms with Crippen molar-refractivity contribution >= 4 is 11.4 Å². The smallest absolute Gasteiger partial charge is 0.183 e. The molecule has 2 aliphatic rings. The molecule has 0 spiro atoms. The second kappa shape index (κ2) is 5.20. The number of piperidine rings is 2. The average Bonchev–Trinajstić information content (AvgIpc) is 2.40. The van der Waals surface area contributed by atoms with Gasteiger partial charge in [0, 0.05) is 18.1 Å². The maximum absolute atomic E-state index is 13.9. The van der Waals surface area contributed by atoms with Crippen molar-refractivity contribution in [2.45, 2.75) is 50.2 Å². The van der Waals surface area contributed by atoms with Crippen molar-refractivity contribution in [3.8, 4) is 0 Å². The Morgan fingerprint density at radius 3 is 2.50 bits per heavy atom. The summed E-state index contributed by atoms with van der Waals surface area (Å²) < 4.78 is 27.2. The maximum atomic E-state index is 13.9. The Kier molecular flexibility index (Phi) is 3.54. The van der Waals surface area contributed by atoms with E-state index >= 15 is 0 Å². The summed E-state index contributed by atoms with van der Waals surface area (Å²) in [5.74, 6) is -1.72. The number of nitrogens with two attached hydrogens (primary N) is 1. The van der Waals surface area contributed by atoms with Gasteiger partial charge < -0.3 is 16.0 Å². The minimum absolute atomic E-state index is 0.123. The monoisotopic (exact) mass is 281 g/mol. The number of nitrogen functional groups attached to an aromatic ring is 1. The van der Waals surface area contributed by atoms with Gasteiger partial charge in [-0.05, 0) is 44.9 Å². The van der Waals surface area contributed by atoms with Crippen LogP contribution in [0.1, 0.15) is 32.1 Å². The molecule has 0 aromatic heterocycles. The first-order valence-corrected chi connectivity index (χ1v) is 7.28. The third-order valence-electron chi connectivity index (χ3n) is 4.82. The molecular weight excluding hydrogens is 260 g/mol. The number of nitrogens with one attached hydrogen (secondary N) is 1. The van der Waals surface area contributed by atoms with Crippen LogP contribution in [0.5, 0.6) is 0 Å². The van der Waals surface area contributed by atoms with Crippen molar-refractivity contribution in [3.63, 3.8) is 0 Å². The van der Waals surface area contributed by atoms with Gasteiger partial charge in [0.1, 0.15) is 0 Å². The lowest BCUT2D eigenvalue weighted by Crippen LogP contribution is -2.52. The average molecular weight is 281 g/mol. The fourth-order valence-corrected chi connectivity index (χ4v) is 3.65. The molecule has 2 bridgehead atoms. The number of anilines is 2. The molecule has 3 rings (SSSR count). The molecule has 0 saturated carbocycles. The largest absolute Gasteiger partial charge is 0.397 e. The molecule has 5 heteroatoms. The second-order valence-corrected chi connectivity index (χ2v) is 6.04. The first-order chi connectivity index (χ1) is 9.56. The molecule has 2 unspecified atom stereocenters. The van der Waals surface area contributed by atoms with Crippen LogP contribution in [0, 0.1) is 11.6 Å². The number of halogens is 2. The third-order valence-corrected chi connectivity index (χ3v) is 4.82. The summed E-state index contributed by atoms with van der Waals surface area (Å²) >= 11 is 0. The van der Waals surface area contributed by atoms with Gasteiger partial charge in [0.05, 0.1) is 11.4 Å². The predicted molar refractivity (Wildman–Crippen MR) is 76.6 cm³/mol. The zero-order valence-corrected chi connectivity index (χ0v) is 11.7. The van der Waals surface area contributed by atoms with E-state index in [0.717, 1.165) is 18.9 Å². The molecule has 110 valence electrons. The molecule has 0 amide bonds. The van der Waals surface area contributed by atoms with Crippen molar-refractivity contribution < 1.29 is 8.78 Å². The topological polar surface area (TPSA) is 41.3 Å². The molecular formula is C15H21F2N3. The molecule has 1 aromatic rings. The third kappa shape index (κ3) is 2.35. The molecule has 0 radical (unpaired) electrons. The molecule has 0 aliphatic carbocycles. The SMILES string of the molecule is CN1C2CCCC1CC(Nc1c(N)ccc(F)c1F)C2. The fourth-order valence-electron chi connectivity index (χ4n) is 3.65. The van der Waals surface area contributed by atoms with Gasteiger partial charge in [0.2, 0.25) is 0 Å². The number of nitrogens with zero attached hydrogens (tertiary/aromatic N) is 1. The van der Waals surface area contributed by atoms with Gasteiger partial charge in [-0.1, -0.05) is 6.42 Å². The van der Waals surface area contributed by atoms with E-state index in [0.29, 0.717) is 12.1 Å². The van der Waals surface area contributed by atoms with Gasteiger partial charge >= 0.3 is 0 Å². The standard InChI is InChI=1S/C15H21F2N3/c1-20-10-3-2-4-11(20)8-9(7-10)19-15-13(18)6-5-12(16)14(15)17/h5-6,9-11,19H,2-4,7-8,18H2,1H3. The highest BCUT2D eigenvalue weighted by atomic mass is 19.2. The van der Waals surface area contributed by atoms with Crippen LogP contribution in [0.25, 0.3) is 0 Å². The van der Waals surface area contributed by atoms with Gasteiger partial charge in [0.25, 0.3) is 0 Å². The van der Waals surface area contributed by atoms with Crippen molar-refractivity contribution in [1.82, 2.24) is 4.90 Å². The Labute approximate surface area is 118 Å². The summed E-state index contributed by atoms with van der Waals surface area (Å²) in [6.45, 7) is 0. The van der Waals surface area contributed by atoms with Crippen LogP contribution < -0.4 is 11.1 Å². The van der Waals surface area contributed by atoms with E-state index in [1.54, 1.807) is 0 Å². The fraction of sp³-hybridized carbons (Fsp3) is 0.600. The minimum Gasteiger partial charge on any atom is -0.397 e. The number of fused-ring (bicyclic) bond motifs is 2. The van der Waals surface area contributed by atoms with Crippen molar-refractivity contribution in [2.24, 2.45) is 0 Å². The zero-order valence-electron chi connectivity index (χ0n) is 11.7. The van der Waals surface area contributed by atoms with E-state index in [9.17, 15) is 8.78 Å². The number of hydrogen-bond acceptors (Lipinski definition) is 3. The lowest BCUT2D eigenvalue weighted by Gasteiger charge is -2.47. The summed E-state index contributed by atoms with van der Waals surface area (Å²) in [6.07, 6.45) is 5.56. The molecule has 2 heterocycles. The maximum Gasteiger partial charge on any atom is 0.183 e. The van der Waals surface area contributed by atoms with Crippen molar-refractivity contribution in [2.75, 3.05) is 18.1 Å². The molecule has 20 heavy (non-hydrogen) atoms. The quantitative estimate of drug-likeness (QED) is 0.819. The Bertz CT molecular complexity index is 492.